The third kappa shape index (κ3) is 2.24. The second-order valence-electron chi connectivity index (χ2n) is 5.95. The number of rotatable bonds is 3. The maximum absolute atomic E-state index is 12.7. The Hall–Kier alpha value is -3.35. The zero-order valence-electron chi connectivity index (χ0n) is 13.7. The molecule has 7 nitrogen and oxygen atoms in total. The molecule has 25 heavy (non-hydrogen) atoms. The van der Waals surface area contributed by atoms with Crippen LogP contribution in [-0.2, 0) is 20.6 Å². The summed E-state index contributed by atoms with van der Waals surface area (Å²) in [5.74, 6) is -0.797. The Morgan fingerprint density at radius 2 is 1.68 bits per heavy atom. The fourth-order valence-corrected chi connectivity index (χ4v) is 3.08. The van der Waals surface area contributed by atoms with Gasteiger partial charge in [0.2, 0.25) is 0 Å². The molecule has 0 saturated heterocycles. The van der Waals surface area contributed by atoms with Crippen LogP contribution in [0.2, 0.25) is 0 Å². The molecule has 4 rings (SSSR count). The minimum absolute atomic E-state index is 0.123. The molecule has 0 bridgehead atoms. The largest absolute Gasteiger partial charge is 0.420 e. The maximum atomic E-state index is 12.7. The first-order valence-corrected chi connectivity index (χ1v) is 7.74. The second-order valence-corrected chi connectivity index (χ2v) is 5.95. The molecule has 2 aromatic heterocycles. The molecule has 0 unspecified atom stereocenters. The van der Waals surface area contributed by atoms with Crippen molar-refractivity contribution in [1.29, 1.82) is 0 Å². The lowest BCUT2D eigenvalue weighted by atomic mass is 10.1. The predicted molar refractivity (Wildman–Crippen MR) is 93.0 cm³/mol. The molecule has 0 N–H and O–H groups in total. The van der Waals surface area contributed by atoms with Crippen LogP contribution >= 0.6 is 0 Å². The molecule has 0 aliphatic rings. The van der Waals surface area contributed by atoms with Gasteiger partial charge in [0.25, 0.3) is 0 Å². The number of fused-ring (bicyclic) bond motifs is 2. The molecule has 2 heterocycles. The summed E-state index contributed by atoms with van der Waals surface area (Å²) in [4.78, 5) is 36.7. The SMILES string of the molecule is Cn1c(=O)n(C)c2cc(C(=O)Cn3c(=O)oc4ccccc43)ccc21. The Kier molecular flexibility index (Phi) is 3.24. The van der Waals surface area contributed by atoms with Gasteiger partial charge in [-0.05, 0) is 30.3 Å². The fraction of sp³-hybridized carbons (Fsp3) is 0.167. The minimum Gasteiger partial charge on any atom is -0.408 e. The van der Waals surface area contributed by atoms with Crippen molar-refractivity contribution in [2.24, 2.45) is 14.1 Å². The van der Waals surface area contributed by atoms with E-state index in [4.69, 9.17) is 4.42 Å². The molecule has 0 amide bonds. The van der Waals surface area contributed by atoms with Gasteiger partial charge in [0.15, 0.2) is 11.4 Å². The van der Waals surface area contributed by atoms with Crippen molar-refractivity contribution in [2.45, 2.75) is 6.54 Å². The molecule has 2 aromatic carbocycles. The standard InChI is InChI=1S/C18H15N3O4/c1-19-12-8-7-11(9-14(12)20(2)17(19)23)15(22)10-21-13-5-3-4-6-16(13)25-18(21)24/h3-9H,10H2,1-2H3. The summed E-state index contributed by atoms with van der Waals surface area (Å²) in [6, 6.07) is 12.0. The van der Waals surface area contributed by atoms with Crippen molar-refractivity contribution in [2.75, 3.05) is 0 Å². The van der Waals surface area contributed by atoms with Crippen molar-refractivity contribution in [3.63, 3.8) is 0 Å². The summed E-state index contributed by atoms with van der Waals surface area (Å²) >= 11 is 0. The summed E-state index contributed by atoms with van der Waals surface area (Å²) < 4.78 is 9.48. The highest BCUT2D eigenvalue weighted by molar-refractivity contribution is 5.99. The zero-order chi connectivity index (χ0) is 17.7. The minimum atomic E-state index is -0.567. The van der Waals surface area contributed by atoms with E-state index in [0.717, 1.165) is 5.52 Å². The Balaban J connectivity index is 1.77. The van der Waals surface area contributed by atoms with Crippen LogP contribution in [-0.4, -0.2) is 19.5 Å². The number of hydrogen-bond acceptors (Lipinski definition) is 4. The molecular formula is C18H15N3O4. The number of carbonyl (C=O) groups excluding carboxylic acids is 1. The van der Waals surface area contributed by atoms with Gasteiger partial charge in [-0.2, -0.15) is 0 Å². The third-order valence-electron chi connectivity index (χ3n) is 4.47. The summed E-state index contributed by atoms with van der Waals surface area (Å²) in [5.41, 5.74) is 2.72. The van der Waals surface area contributed by atoms with Gasteiger partial charge in [-0.3, -0.25) is 18.5 Å². The molecule has 7 heteroatoms. The van der Waals surface area contributed by atoms with Crippen molar-refractivity contribution in [3.05, 3.63) is 69.1 Å². The fourth-order valence-electron chi connectivity index (χ4n) is 3.08. The molecule has 0 aliphatic heterocycles. The Labute approximate surface area is 141 Å². The number of benzene rings is 2. The lowest BCUT2D eigenvalue weighted by molar-refractivity contribution is 0.0970. The number of aromatic nitrogens is 3. The molecule has 0 fully saturated rings. The molecule has 4 aromatic rings. The van der Waals surface area contributed by atoms with Gasteiger partial charge >= 0.3 is 11.4 Å². The van der Waals surface area contributed by atoms with E-state index in [1.807, 2.05) is 0 Å². The highest BCUT2D eigenvalue weighted by atomic mass is 16.4. The number of para-hydroxylation sites is 2. The average molecular weight is 337 g/mol. The van der Waals surface area contributed by atoms with Crippen LogP contribution in [0.4, 0.5) is 0 Å². The van der Waals surface area contributed by atoms with Crippen molar-refractivity contribution >= 4 is 27.9 Å². The van der Waals surface area contributed by atoms with Crippen molar-refractivity contribution in [3.8, 4) is 0 Å². The highest BCUT2D eigenvalue weighted by Gasteiger charge is 2.16. The average Bonchev–Trinajstić information content (AvgIpc) is 3.04. The number of ketones is 1. The molecule has 0 atom stereocenters. The summed E-state index contributed by atoms with van der Waals surface area (Å²) in [6.45, 7) is -0.123. The van der Waals surface area contributed by atoms with E-state index in [1.165, 1.54) is 13.7 Å². The van der Waals surface area contributed by atoms with E-state index in [1.54, 1.807) is 56.6 Å². The van der Waals surface area contributed by atoms with Crippen LogP contribution in [0.15, 0.2) is 56.5 Å². The summed E-state index contributed by atoms with van der Waals surface area (Å²) in [5, 5.41) is 0. The normalized spacial score (nSPS) is 11.4. The topological polar surface area (TPSA) is 79.1 Å². The van der Waals surface area contributed by atoms with Gasteiger partial charge in [-0.15, -0.1) is 0 Å². The van der Waals surface area contributed by atoms with E-state index in [0.29, 0.717) is 22.2 Å². The van der Waals surface area contributed by atoms with Gasteiger partial charge in [-0.25, -0.2) is 9.59 Å². The number of oxazole rings is 1. The van der Waals surface area contributed by atoms with E-state index < -0.39 is 5.76 Å². The first-order valence-electron chi connectivity index (χ1n) is 7.74. The number of aryl methyl sites for hydroxylation is 2. The number of carbonyl (C=O) groups is 1. The van der Waals surface area contributed by atoms with Crippen LogP contribution in [0.5, 0.6) is 0 Å². The van der Waals surface area contributed by atoms with Gasteiger partial charge < -0.3 is 4.42 Å². The number of Topliss-reactive ketones (excluding diaryl/α,β-unsaturated/α-hetero) is 1. The van der Waals surface area contributed by atoms with Crippen LogP contribution < -0.4 is 11.4 Å². The summed E-state index contributed by atoms with van der Waals surface area (Å²) in [7, 11) is 3.34. The third-order valence-corrected chi connectivity index (χ3v) is 4.47. The maximum Gasteiger partial charge on any atom is 0.420 e. The van der Waals surface area contributed by atoms with Crippen LogP contribution in [0, 0.1) is 0 Å². The van der Waals surface area contributed by atoms with Crippen LogP contribution in [0.25, 0.3) is 22.1 Å². The molecule has 0 radical (unpaired) electrons. The van der Waals surface area contributed by atoms with Crippen molar-refractivity contribution in [1.82, 2.24) is 13.7 Å². The summed E-state index contributed by atoms with van der Waals surface area (Å²) in [6.07, 6.45) is 0. The number of imidazole rings is 1. The predicted octanol–water partition coefficient (Wildman–Crippen LogP) is 1.67. The van der Waals surface area contributed by atoms with Crippen molar-refractivity contribution < 1.29 is 9.21 Å². The first-order chi connectivity index (χ1) is 12.0. The van der Waals surface area contributed by atoms with E-state index in [-0.39, 0.29) is 18.0 Å². The zero-order valence-corrected chi connectivity index (χ0v) is 13.7. The van der Waals surface area contributed by atoms with E-state index in [9.17, 15) is 14.4 Å². The lowest BCUT2D eigenvalue weighted by Gasteiger charge is -2.03. The molecule has 0 aliphatic carbocycles. The molecule has 0 saturated carbocycles. The first kappa shape index (κ1) is 15.2. The number of hydrogen-bond donors (Lipinski definition) is 0. The molecular weight excluding hydrogens is 322 g/mol. The van der Waals surface area contributed by atoms with E-state index >= 15 is 0 Å². The van der Waals surface area contributed by atoms with E-state index in [2.05, 4.69) is 0 Å². The quantitative estimate of drug-likeness (QED) is 0.533. The molecule has 126 valence electrons. The van der Waals surface area contributed by atoms with Gasteiger partial charge in [0, 0.05) is 19.7 Å². The van der Waals surface area contributed by atoms with Gasteiger partial charge in [-0.1, -0.05) is 12.1 Å². The van der Waals surface area contributed by atoms with Crippen LogP contribution in [0.3, 0.4) is 0 Å². The lowest BCUT2D eigenvalue weighted by Crippen LogP contribution is -2.20. The smallest absolute Gasteiger partial charge is 0.408 e. The Bertz CT molecular complexity index is 1250. The number of nitrogens with zero attached hydrogens (tertiary/aromatic N) is 3. The van der Waals surface area contributed by atoms with Gasteiger partial charge in [0.1, 0.15) is 0 Å². The second kappa shape index (κ2) is 5.34. The Morgan fingerprint density at radius 1 is 0.960 bits per heavy atom. The van der Waals surface area contributed by atoms with Crippen LogP contribution in [0.1, 0.15) is 10.4 Å². The van der Waals surface area contributed by atoms with Gasteiger partial charge in [0.05, 0.1) is 23.1 Å². The molecule has 0 spiro atoms. The Morgan fingerprint density at radius 3 is 2.48 bits per heavy atom. The monoisotopic (exact) mass is 337 g/mol. The highest BCUT2D eigenvalue weighted by Crippen LogP contribution is 2.16.